The summed E-state index contributed by atoms with van der Waals surface area (Å²) in [6.45, 7) is 2.94. The van der Waals surface area contributed by atoms with Crippen LogP contribution in [-0.4, -0.2) is 65.4 Å². The number of ether oxygens (including phenoxy) is 1. The van der Waals surface area contributed by atoms with Gasteiger partial charge in [0.1, 0.15) is 17.1 Å². The predicted molar refractivity (Wildman–Crippen MR) is 218 cm³/mol. The maximum Gasteiger partial charge on any atom is 0.308 e. The number of carbonyl (C=O) groups excluding carboxylic acids is 4. The minimum atomic E-state index is -3.53. The van der Waals surface area contributed by atoms with Crippen LogP contribution in [0.15, 0.2) is 90.0 Å². The fourth-order valence-electron chi connectivity index (χ4n) is 6.57. The number of fused-ring (bicyclic) bond motifs is 5. The summed E-state index contributed by atoms with van der Waals surface area (Å²) in [5.41, 5.74) is 6.77. The molecule has 3 heterocycles. The molecule has 0 spiro atoms. The number of benzene rings is 4. The van der Waals surface area contributed by atoms with E-state index in [1.54, 1.807) is 70.8 Å². The number of para-hydroxylation sites is 1. The number of nitrogens with one attached hydrogen (secondary N) is 4. The van der Waals surface area contributed by atoms with Crippen molar-refractivity contribution in [1.82, 2.24) is 15.4 Å². The molecule has 1 aliphatic heterocycles. The molecule has 14 nitrogen and oxygen atoms in total. The fraction of sp³-hybridized carbons (Fsp3) is 0.184. The van der Waals surface area contributed by atoms with Gasteiger partial charge in [-0.1, -0.05) is 42.5 Å². The van der Waals surface area contributed by atoms with Crippen LogP contribution >= 0.6 is 33.5 Å². The number of nitrogens with zero attached hydrogens (tertiary/aromatic N) is 2. The largest absolute Gasteiger partial charge is 0.426 e. The van der Waals surface area contributed by atoms with Gasteiger partial charge in [0, 0.05) is 93.1 Å². The number of hydrazone groups is 1. The third-order valence-corrected chi connectivity index (χ3v) is 10.5. The Morgan fingerprint density at radius 1 is 0.907 bits per heavy atom. The summed E-state index contributed by atoms with van der Waals surface area (Å²) in [6, 6.07) is 25.4. The SMILES string of the molecule is CC(=O)Oc1cc2c(c3ccccc13)C(COS(O)(O)CC/C(C)=N/NC(=O)I)CN2C(=O)c1cc2cc(NC(=O)c3cc4ccccc4[nH]3)ccc2[nH]1. The third-order valence-electron chi connectivity index (χ3n) is 9.03. The number of esters is 1. The number of halogens is 1. The first kappa shape index (κ1) is 37.1. The molecule has 0 saturated heterocycles. The first-order chi connectivity index (χ1) is 25.8. The van der Waals surface area contributed by atoms with Crippen LogP contribution in [0.1, 0.15) is 52.7 Å². The van der Waals surface area contributed by atoms with Crippen molar-refractivity contribution < 1.29 is 37.2 Å². The molecule has 0 saturated carbocycles. The Morgan fingerprint density at radius 2 is 1.61 bits per heavy atom. The Labute approximate surface area is 324 Å². The Morgan fingerprint density at radius 3 is 2.37 bits per heavy atom. The van der Waals surface area contributed by atoms with Gasteiger partial charge < -0.3 is 34.0 Å². The number of anilines is 2. The van der Waals surface area contributed by atoms with E-state index in [-0.39, 0.29) is 52.5 Å². The molecule has 278 valence electrons. The lowest BCUT2D eigenvalue weighted by Crippen LogP contribution is -2.31. The third kappa shape index (κ3) is 7.97. The first-order valence-electron chi connectivity index (χ1n) is 16.8. The second-order valence-electron chi connectivity index (χ2n) is 12.8. The van der Waals surface area contributed by atoms with Crippen LogP contribution in [0.25, 0.3) is 32.6 Å². The molecule has 1 atom stereocenters. The van der Waals surface area contributed by atoms with E-state index < -0.39 is 22.8 Å². The molecular formula is C38H35IN6O8S. The normalized spacial score (nSPS) is 14.7. The summed E-state index contributed by atoms with van der Waals surface area (Å²) in [6.07, 6.45) is 0.161. The van der Waals surface area contributed by atoms with E-state index in [1.807, 2.05) is 48.5 Å². The van der Waals surface area contributed by atoms with Crippen molar-refractivity contribution >= 4 is 105 Å². The van der Waals surface area contributed by atoms with Gasteiger partial charge in [-0.2, -0.15) is 5.10 Å². The van der Waals surface area contributed by atoms with Crippen LogP contribution in [-0.2, 0) is 8.98 Å². The highest BCUT2D eigenvalue weighted by molar-refractivity contribution is 14.1. The first-order valence-corrected chi connectivity index (χ1v) is 19.5. The second kappa shape index (κ2) is 15.2. The zero-order valence-electron chi connectivity index (χ0n) is 29.0. The van der Waals surface area contributed by atoms with E-state index >= 15 is 0 Å². The maximum absolute atomic E-state index is 14.4. The van der Waals surface area contributed by atoms with E-state index in [0.717, 1.165) is 21.9 Å². The minimum Gasteiger partial charge on any atom is -0.426 e. The average Bonchev–Trinajstić information content (AvgIpc) is 3.87. The summed E-state index contributed by atoms with van der Waals surface area (Å²) in [5.74, 6) is -1.56. The molecule has 54 heavy (non-hydrogen) atoms. The molecule has 2 aromatic heterocycles. The molecule has 0 aliphatic carbocycles. The topological polar surface area (TPSA) is 198 Å². The highest BCUT2D eigenvalue weighted by atomic mass is 127. The van der Waals surface area contributed by atoms with E-state index in [4.69, 9.17) is 8.92 Å². The van der Waals surface area contributed by atoms with Gasteiger partial charge in [-0.3, -0.25) is 23.4 Å². The molecule has 7 rings (SSSR count). The van der Waals surface area contributed by atoms with Gasteiger partial charge in [0.25, 0.3) is 11.8 Å². The summed E-state index contributed by atoms with van der Waals surface area (Å²) in [4.78, 5) is 58.6. The van der Waals surface area contributed by atoms with Crippen molar-refractivity contribution in [2.45, 2.75) is 26.2 Å². The fourth-order valence-corrected chi connectivity index (χ4v) is 7.75. The van der Waals surface area contributed by atoms with Crippen LogP contribution in [0.5, 0.6) is 5.75 Å². The van der Waals surface area contributed by atoms with Gasteiger partial charge in [0.05, 0.1) is 28.9 Å². The van der Waals surface area contributed by atoms with Crippen LogP contribution < -0.4 is 20.4 Å². The van der Waals surface area contributed by atoms with Crippen molar-refractivity contribution in [3.8, 4) is 5.75 Å². The van der Waals surface area contributed by atoms with Gasteiger partial charge in [-0.25, -0.2) is 5.43 Å². The monoisotopic (exact) mass is 862 g/mol. The summed E-state index contributed by atoms with van der Waals surface area (Å²) < 4.78 is 32.6. The average molecular weight is 863 g/mol. The molecule has 0 fully saturated rings. The van der Waals surface area contributed by atoms with E-state index in [0.29, 0.717) is 39.1 Å². The Bertz CT molecular complexity index is 2460. The van der Waals surface area contributed by atoms with Crippen molar-refractivity contribution in [2.24, 2.45) is 5.10 Å². The lowest BCUT2D eigenvalue weighted by molar-refractivity contribution is -0.131. The lowest BCUT2D eigenvalue weighted by atomic mass is 9.95. The summed E-state index contributed by atoms with van der Waals surface area (Å²) >= 11 is 1.55. The Balaban J connectivity index is 1.16. The van der Waals surface area contributed by atoms with Crippen LogP contribution in [0.4, 0.5) is 16.2 Å². The van der Waals surface area contributed by atoms with Crippen molar-refractivity contribution in [1.29, 1.82) is 0 Å². The number of aromatic nitrogens is 2. The number of hydrogen-bond donors (Lipinski definition) is 6. The molecule has 16 heteroatoms. The van der Waals surface area contributed by atoms with Gasteiger partial charge in [-0.05, 0) is 54.3 Å². The predicted octanol–water partition coefficient (Wildman–Crippen LogP) is 8.32. The smallest absolute Gasteiger partial charge is 0.308 e. The Hall–Kier alpha value is -5.27. The standard InChI is InChI=1S/C38H35IN6O8S/c1-21(43-44-38(39)49)13-14-54(50,51)52-20-25-19-45(33-18-34(53-22(2)46)27-8-4-5-9-28(27)35(25)33)37(48)32-17-24-15-26(11-12-30(24)42-32)40-36(47)31-16-23-7-3-6-10-29(23)41-31/h3-12,15-18,25,41-42,50-51H,13-14,19-20H2,1-2H3,(H,40,47)(H,44,49)/b43-21+. The molecule has 3 amide bonds. The summed E-state index contributed by atoms with van der Waals surface area (Å²) in [7, 11) is -3.53. The van der Waals surface area contributed by atoms with Gasteiger partial charge in [-0.15, -0.1) is 0 Å². The number of hydrogen-bond acceptors (Lipinski definition) is 9. The molecular weight excluding hydrogens is 827 g/mol. The maximum atomic E-state index is 14.4. The number of carbonyl (C=O) groups is 4. The zero-order valence-corrected chi connectivity index (χ0v) is 32.0. The molecule has 1 aliphatic rings. The van der Waals surface area contributed by atoms with E-state index in [9.17, 15) is 28.3 Å². The minimum absolute atomic E-state index is 0.126. The van der Waals surface area contributed by atoms with E-state index in [1.165, 1.54) is 6.92 Å². The molecule has 6 aromatic rings. The second-order valence-corrected chi connectivity index (χ2v) is 15.7. The number of rotatable bonds is 11. The summed E-state index contributed by atoms with van der Waals surface area (Å²) in [5, 5.41) is 9.81. The highest BCUT2D eigenvalue weighted by Crippen LogP contribution is 2.48. The zero-order chi connectivity index (χ0) is 38.1. The van der Waals surface area contributed by atoms with Crippen molar-refractivity contribution in [3.05, 3.63) is 102 Å². The van der Waals surface area contributed by atoms with Crippen LogP contribution in [0.3, 0.4) is 0 Å². The van der Waals surface area contributed by atoms with E-state index in [2.05, 4.69) is 25.8 Å². The Kier molecular flexibility index (Phi) is 10.5. The molecule has 0 radical (unpaired) electrons. The number of H-pyrrole nitrogens is 2. The van der Waals surface area contributed by atoms with Crippen LogP contribution in [0, 0.1) is 0 Å². The highest BCUT2D eigenvalue weighted by Gasteiger charge is 2.37. The van der Waals surface area contributed by atoms with Crippen molar-refractivity contribution in [3.63, 3.8) is 0 Å². The lowest BCUT2D eigenvalue weighted by Gasteiger charge is -2.28. The molecule has 6 N–H and O–H groups in total. The quantitative estimate of drug-likeness (QED) is 0.0142. The van der Waals surface area contributed by atoms with Gasteiger partial charge >= 0.3 is 9.88 Å². The molecule has 4 aromatic carbocycles. The van der Waals surface area contributed by atoms with Gasteiger partial charge in [0.15, 0.2) is 0 Å². The number of aromatic amines is 2. The van der Waals surface area contributed by atoms with Gasteiger partial charge in [0.2, 0.25) is 0 Å². The van der Waals surface area contributed by atoms with Crippen molar-refractivity contribution in [2.75, 3.05) is 29.1 Å². The molecule has 1 unspecified atom stereocenters. The van der Waals surface area contributed by atoms with Crippen LogP contribution in [0.2, 0.25) is 0 Å². The number of amides is 3. The molecule has 0 bridgehead atoms.